The molecule has 0 aliphatic carbocycles. The van der Waals surface area contributed by atoms with Crippen molar-refractivity contribution in [2.75, 3.05) is 33.2 Å². The molecule has 1 aromatic rings. The van der Waals surface area contributed by atoms with Crippen LogP contribution in [0.15, 0.2) is 12.4 Å². The normalized spacial score (nSPS) is 27.8. The summed E-state index contributed by atoms with van der Waals surface area (Å²) >= 11 is 0. The zero-order valence-corrected chi connectivity index (χ0v) is 13.9. The molecule has 0 unspecified atom stereocenters. The van der Waals surface area contributed by atoms with Gasteiger partial charge in [-0.05, 0) is 20.3 Å². The van der Waals surface area contributed by atoms with E-state index < -0.39 is 0 Å². The highest BCUT2D eigenvalue weighted by Gasteiger charge is 2.37. The lowest BCUT2D eigenvalue weighted by Crippen LogP contribution is -2.56. The maximum absolute atomic E-state index is 12.2. The number of piperazine rings is 1. The van der Waals surface area contributed by atoms with E-state index in [1.807, 2.05) is 24.3 Å². The molecule has 1 aromatic heterocycles. The van der Waals surface area contributed by atoms with Crippen LogP contribution in [-0.2, 0) is 17.9 Å². The number of nitrogens with zero attached hydrogens (tertiary/aromatic N) is 5. The van der Waals surface area contributed by atoms with Crippen LogP contribution in [0.25, 0.3) is 0 Å². The minimum atomic E-state index is 0.104. The molecule has 122 valence electrons. The van der Waals surface area contributed by atoms with Crippen molar-refractivity contribution in [3.05, 3.63) is 18.2 Å². The third-order valence-corrected chi connectivity index (χ3v) is 5.12. The topological polar surface area (TPSA) is 44.6 Å². The second-order valence-electron chi connectivity index (χ2n) is 6.51. The number of amides is 1. The van der Waals surface area contributed by atoms with Gasteiger partial charge in [-0.1, -0.05) is 0 Å². The third kappa shape index (κ3) is 2.90. The Morgan fingerprint density at radius 2 is 2.14 bits per heavy atom. The minimum Gasteiger partial charge on any atom is -0.344 e. The highest BCUT2D eigenvalue weighted by Crippen LogP contribution is 2.21. The first-order chi connectivity index (χ1) is 10.6. The number of carbonyl (C=O) groups excluding carboxylic acids is 1. The second kappa shape index (κ2) is 6.38. The predicted octanol–water partition coefficient (Wildman–Crippen LogP) is 0.640. The Morgan fingerprint density at radius 3 is 2.77 bits per heavy atom. The quantitative estimate of drug-likeness (QED) is 0.819. The first kappa shape index (κ1) is 15.5. The smallest absolute Gasteiger partial charge is 0.239 e. The van der Waals surface area contributed by atoms with Gasteiger partial charge in [0.05, 0.1) is 12.6 Å². The van der Waals surface area contributed by atoms with E-state index in [2.05, 4.69) is 33.2 Å². The molecule has 0 spiro atoms. The lowest BCUT2D eigenvalue weighted by Gasteiger charge is -2.41. The molecule has 2 aliphatic rings. The van der Waals surface area contributed by atoms with E-state index in [1.54, 1.807) is 0 Å². The van der Waals surface area contributed by atoms with E-state index >= 15 is 0 Å². The fourth-order valence-corrected chi connectivity index (χ4v) is 3.65. The fraction of sp³-hybridized carbons (Fsp3) is 0.750. The highest BCUT2D eigenvalue weighted by atomic mass is 16.2. The second-order valence-corrected chi connectivity index (χ2v) is 6.51. The Kier molecular flexibility index (Phi) is 4.49. The number of carbonyl (C=O) groups is 1. The van der Waals surface area contributed by atoms with Crippen molar-refractivity contribution in [1.29, 1.82) is 0 Å². The fourth-order valence-electron chi connectivity index (χ4n) is 3.65. The van der Waals surface area contributed by atoms with Gasteiger partial charge in [0.1, 0.15) is 5.82 Å². The van der Waals surface area contributed by atoms with Gasteiger partial charge in [0.15, 0.2) is 0 Å². The van der Waals surface area contributed by atoms with E-state index in [0.29, 0.717) is 11.9 Å². The molecule has 3 rings (SSSR count). The number of likely N-dealkylation sites (tertiary alicyclic amines) is 1. The molecule has 6 nitrogen and oxygen atoms in total. The average Bonchev–Trinajstić information content (AvgIpc) is 3.09. The molecule has 6 heteroatoms. The molecular formula is C16H27N5O. The van der Waals surface area contributed by atoms with Gasteiger partial charge in [-0.3, -0.25) is 14.6 Å². The van der Waals surface area contributed by atoms with E-state index in [-0.39, 0.29) is 6.04 Å². The van der Waals surface area contributed by atoms with Gasteiger partial charge < -0.3 is 9.47 Å². The lowest BCUT2D eigenvalue weighted by atomic mass is 10.1. The van der Waals surface area contributed by atoms with Gasteiger partial charge in [0, 0.05) is 58.2 Å². The van der Waals surface area contributed by atoms with Crippen molar-refractivity contribution in [1.82, 2.24) is 24.3 Å². The molecule has 2 atom stereocenters. The Hall–Kier alpha value is -1.40. The summed E-state index contributed by atoms with van der Waals surface area (Å²) in [4.78, 5) is 23.4. The molecule has 2 aliphatic heterocycles. The molecule has 1 amide bonds. The molecule has 0 aromatic carbocycles. The number of rotatable bonds is 4. The van der Waals surface area contributed by atoms with Gasteiger partial charge in [-0.15, -0.1) is 0 Å². The van der Waals surface area contributed by atoms with Crippen molar-refractivity contribution in [2.45, 2.75) is 45.4 Å². The zero-order chi connectivity index (χ0) is 15.7. The van der Waals surface area contributed by atoms with Gasteiger partial charge in [0.25, 0.3) is 0 Å². The summed E-state index contributed by atoms with van der Waals surface area (Å²) in [5.41, 5.74) is 0. The number of hydrogen-bond acceptors (Lipinski definition) is 4. The van der Waals surface area contributed by atoms with E-state index in [1.165, 1.54) is 0 Å². The predicted molar refractivity (Wildman–Crippen MR) is 85.4 cm³/mol. The van der Waals surface area contributed by atoms with Crippen LogP contribution in [0.3, 0.4) is 0 Å². The van der Waals surface area contributed by atoms with E-state index in [0.717, 1.165) is 51.5 Å². The van der Waals surface area contributed by atoms with E-state index in [4.69, 9.17) is 0 Å². The summed E-state index contributed by atoms with van der Waals surface area (Å²) in [6.07, 6.45) is 4.90. The molecule has 0 radical (unpaired) electrons. The average molecular weight is 305 g/mol. The van der Waals surface area contributed by atoms with Gasteiger partial charge in [-0.25, -0.2) is 4.98 Å². The summed E-state index contributed by atoms with van der Waals surface area (Å²) in [5, 5.41) is 0. The Balaban J connectivity index is 1.59. The van der Waals surface area contributed by atoms with Gasteiger partial charge in [0.2, 0.25) is 5.91 Å². The van der Waals surface area contributed by atoms with Crippen LogP contribution in [0.4, 0.5) is 0 Å². The Morgan fingerprint density at radius 1 is 1.32 bits per heavy atom. The standard InChI is InChI=1S/C16H27N5O/c1-4-19-8-6-17-15(19)12-20-9-10-21(11-13(20)2)14-5-7-18(3)16(14)22/h6,8,13-14H,4-5,7,9-12H2,1-3H3/t13-,14-/m1/s1. The van der Waals surface area contributed by atoms with E-state index in [9.17, 15) is 4.79 Å². The summed E-state index contributed by atoms with van der Waals surface area (Å²) in [6, 6.07) is 0.557. The molecule has 3 heterocycles. The van der Waals surface area contributed by atoms with Crippen LogP contribution in [0.1, 0.15) is 26.1 Å². The summed E-state index contributed by atoms with van der Waals surface area (Å²) in [6.45, 7) is 10.1. The van der Waals surface area contributed by atoms with Crippen LogP contribution in [0.5, 0.6) is 0 Å². The van der Waals surface area contributed by atoms with Crippen molar-refractivity contribution in [3.63, 3.8) is 0 Å². The molecule has 2 saturated heterocycles. The van der Waals surface area contributed by atoms with Crippen LogP contribution >= 0.6 is 0 Å². The molecule has 0 saturated carbocycles. The minimum absolute atomic E-state index is 0.104. The maximum atomic E-state index is 12.2. The van der Waals surface area contributed by atoms with Crippen LogP contribution in [-0.4, -0.2) is 75.5 Å². The largest absolute Gasteiger partial charge is 0.344 e. The Labute approximate surface area is 132 Å². The van der Waals surface area contributed by atoms with Crippen molar-refractivity contribution in [2.24, 2.45) is 0 Å². The van der Waals surface area contributed by atoms with Crippen LogP contribution < -0.4 is 0 Å². The number of aryl methyl sites for hydroxylation is 1. The van der Waals surface area contributed by atoms with Crippen molar-refractivity contribution in [3.8, 4) is 0 Å². The zero-order valence-electron chi connectivity index (χ0n) is 13.9. The number of hydrogen-bond donors (Lipinski definition) is 0. The molecule has 0 bridgehead atoms. The maximum Gasteiger partial charge on any atom is 0.239 e. The van der Waals surface area contributed by atoms with Gasteiger partial charge >= 0.3 is 0 Å². The third-order valence-electron chi connectivity index (χ3n) is 5.12. The first-order valence-electron chi connectivity index (χ1n) is 8.33. The van der Waals surface area contributed by atoms with Crippen molar-refractivity contribution >= 4 is 5.91 Å². The van der Waals surface area contributed by atoms with Crippen molar-refractivity contribution < 1.29 is 4.79 Å². The molecular weight excluding hydrogens is 278 g/mol. The van der Waals surface area contributed by atoms with Crippen LogP contribution in [0, 0.1) is 0 Å². The monoisotopic (exact) mass is 305 g/mol. The molecule has 0 N–H and O–H groups in total. The van der Waals surface area contributed by atoms with Gasteiger partial charge in [-0.2, -0.15) is 0 Å². The number of imidazole rings is 1. The molecule has 2 fully saturated rings. The molecule has 22 heavy (non-hydrogen) atoms. The summed E-state index contributed by atoms with van der Waals surface area (Å²) in [7, 11) is 1.91. The lowest BCUT2D eigenvalue weighted by molar-refractivity contribution is -0.132. The SMILES string of the molecule is CCn1ccnc1CN1CCN([C@@H]2CCN(C)C2=O)C[C@H]1C. The number of likely N-dealkylation sites (N-methyl/N-ethyl adjacent to an activating group) is 1. The Bertz CT molecular complexity index is 528. The summed E-state index contributed by atoms with van der Waals surface area (Å²) < 4.78 is 2.20. The summed E-state index contributed by atoms with van der Waals surface area (Å²) in [5.74, 6) is 1.43. The highest BCUT2D eigenvalue weighted by molar-refractivity contribution is 5.83. The van der Waals surface area contributed by atoms with Crippen LogP contribution in [0.2, 0.25) is 0 Å². The number of aromatic nitrogens is 2. The first-order valence-corrected chi connectivity index (χ1v) is 8.33.